The highest BCUT2D eigenvalue weighted by molar-refractivity contribution is 5.81. The zero-order valence-electron chi connectivity index (χ0n) is 12.3. The number of esters is 2. The Morgan fingerprint density at radius 3 is 2.00 bits per heavy atom. The maximum Gasteiger partial charge on any atom is 0.330 e. The lowest BCUT2D eigenvalue weighted by molar-refractivity contribution is -0.138. The molecule has 4 heteroatoms. The van der Waals surface area contributed by atoms with Crippen LogP contribution < -0.4 is 0 Å². The normalized spacial score (nSPS) is 9.05. The second kappa shape index (κ2) is 14.5. The van der Waals surface area contributed by atoms with Crippen LogP contribution in [0, 0.1) is 5.92 Å². The van der Waals surface area contributed by atoms with Crippen LogP contribution in [-0.4, -0.2) is 25.7 Å². The highest BCUT2D eigenvalue weighted by Crippen LogP contribution is 2.07. The third-order valence-corrected chi connectivity index (χ3v) is 2.20. The van der Waals surface area contributed by atoms with Crippen molar-refractivity contribution in [3.63, 3.8) is 0 Å². The van der Waals surface area contributed by atoms with Crippen LogP contribution in [0.1, 0.15) is 39.5 Å². The summed E-state index contributed by atoms with van der Waals surface area (Å²) < 4.78 is 8.98. The Bertz CT molecular complexity index is 269. The SMILES string of the molecule is C=CC(=O)OC.C=CC(=O)OCCCCCC(C)C. The van der Waals surface area contributed by atoms with Crippen molar-refractivity contribution in [3.8, 4) is 0 Å². The molecule has 19 heavy (non-hydrogen) atoms. The fraction of sp³-hybridized carbons (Fsp3) is 0.600. The Balaban J connectivity index is 0. The molecule has 0 aromatic rings. The van der Waals surface area contributed by atoms with Gasteiger partial charge in [-0.3, -0.25) is 0 Å². The lowest BCUT2D eigenvalue weighted by Gasteiger charge is -2.04. The average molecular weight is 270 g/mol. The molecule has 0 saturated carbocycles. The molecule has 0 N–H and O–H groups in total. The van der Waals surface area contributed by atoms with Gasteiger partial charge in [-0.1, -0.05) is 46.3 Å². The number of methoxy groups -OCH3 is 1. The molecule has 110 valence electrons. The Morgan fingerprint density at radius 1 is 1.05 bits per heavy atom. The molecule has 0 aliphatic carbocycles. The van der Waals surface area contributed by atoms with E-state index >= 15 is 0 Å². The Kier molecular flexibility index (Phi) is 15.1. The van der Waals surface area contributed by atoms with Crippen molar-refractivity contribution in [1.29, 1.82) is 0 Å². The first kappa shape index (κ1) is 19.8. The predicted octanol–water partition coefficient (Wildman–Crippen LogP) is 3.28. The largest absolute Gasteiger partial charge is 0.466 e. The number of hydrogen-bond donors (Lipinski definition) is 0. The molecule has 0 spiro atoms. The van der Waals surface area contributed by atoms with Crippen molar-refractivity contribution in [2.45, 2.75) is 39.5 Å². The van der Waals surface area contributed by atoms with Gasteiger partial charge in [-0.25, -0.2) is 9.59 Å². The molecule has 0 aromatic heterocycles. The van der Waals surface area contributed by atoms with Gasteiger partial charge in [0.05, 0.1) is 13.7 Å². The standard InChI is InChI=1S/C11H20O2.C4H6O2/c1-4-11(12)13-9-7-5-6-8-10(2)3;1-3-4(5)6-2/h4,10H,1,5-9H2,2-3H3;3H,1H2,2H3. The molecule has 0 fully saturated rings. The molecule has 0 unspecified atom stereocenters. The van der Waals surface area contributed by atoms with Gasteiger partial charge in [-0.15, -0.1) is 0 Å². The molecule has 0 aromatic carbocycles. The fourth-order valence-electron chi connectivity index (χ4n) is 1.15. The number of rotatable bonds is 8. The van der Waals surface area contributed by atoms with Crippen LogP contribution in [0.4, 0.5) is 0 Å². The van der Waals surface area contributed by atoms with Gasteiger partial charge in [-0.2, -0.15) is 0 Å². The van der Waals surface area contributed by atoms with Crippen LogP contribution in [0.3, 0.4) is 0 Å². The van der Waals surface area contributed by atoms with Gasteiger partial charge in [0.15, 0.2) is 0 Å². The first-order chi connectivity index (χ1) is 8.97. The molecule has 4 nitrogen and oxygen atoms in total. The van der Waals surface area contributed by atoms with Crippen LogP contribution >= 0.6 is 0 Å². The maximum absolute atomic E-state index is 10.6. The number of carbonyl (C=O) groups is 2. The maximum atomic E-state index is 10.6. The van der Waals surface area contributed by atoms with E-state index in [2.05, 4.69) is 31.7 Å². The van der Waals surface area contributed by atoms with Gasteiger partial charge in [0, 0.05) is 12.2 Å². The van der Waals surface area contributed by atoms with E-state index in [9.17, 15) is 9.59 Å². The summed E-state index contributed by atoms with van der Waals surface area (Å²) in [4.78, 5) is 20.5. The zero-order chi connectivity index (χ0) is 15.1. The summed E-state index contributed by atoms with van der Waals surface area (Å²) in [5.41, 5.74) is 0. The Labute approximate surface area is 116 Å². The number of hydrogen-bond acceptors (Lipinski definition) is 4. The first-order valence-corrected chi connectivity index (χ1v) is 6.47. The summed E-state index contributed by atoms with van der Waals surface area (Å²) in [6, 6.07) is 0. The number of unbranched alkanes of at least 4 members (excludes halogenated alkanes) is 2. The molecule has 0 rings (SSSR count). The molecular formula is C15H26O4. The number of ether oxygens (including phenoxy) is 2. The summed E-state index contributed by atoms with van der Waals surface area (Å²) in [6.07, 6.45) is 6.90. The third-order valence-electron chi connectivity index (χ3n) is 2.20. The molecule has 0 saturated heterocycles. The van der Waals surface area contributed by atoms with Gasteiger partial charge < -0.3 is 9.47 Å². The van der Waals surface area contributed by atoms with Crippen molar-refractivity contribution in [3.05, 3.63) is 25.3 Å². The summed E-state index contributed by atoms with van der Waals surface area (Å²) in [7, 11) is 1.31. The van der Waals surface area contributed by atoms with E-state index in [0.717, 1.165) is 24.8 Å². The second-order valence-corrected chi connectivity index (χ2v) is 4.34. The molecule has 0 radical (unpaired) electrons. The molecule has 0 atom stereocenters. The summed E-state index contributed by atoms with van der Waals surface area (Å²) in [6.45, 7) is 11.5. The molecule has 0 aliphatic rings. The molecular weight excluding hydrogens is 244 g/mol. The Morgan fingerprint density at radius 2 is 1.63 bits per heavy atom. The highest BCUT2D eigenvalue weighted by atomic mass is 16.5. The summed E-state index contributed by atoms with van der Waals surface area (Å²) in [5, 5.41) is 0. The Hall–Kier alpha value is -1.58. The zero-order valence-corrected chi connectivity index (χ0v) is 12.3. The lowest BCUT2D eigenvalue weighted by Crippen LogP contribution is -2.01. The van der Waals surface area contributed by atoms with E-state index in [1.165, 1.54) is 26.0 Å². The van der Waals surface area contributed by atoms with Crippen LogP contribution in [-0.2, 0) is 19.1 Å². The van der Waals surface area contributed by atoms with E-state index in [1.807, 2.05) is 0 Å². The fourth-order valence-corrected chi connectivity index (χ4v) is 1.15. The summed E-state index contributed by atoms with van der Waals surface area (Å²) >= 11 is 0. The van der Waals surface area contributed by atoms with Crippen molar-refractivity contribution < 1.29 is 19.1 Å². The average Bonchev–Trinajstić information content (AvgIpc) is 2.41. The molecule has 0 amide bonds. The first-order valence-electron chi connectivity index (χ1n) is 6.47. The predicted molar refractivity (Wildman–Crippen MR) is 76.7 cm³/mol. The van der Waals surface area contributed by atoms with Crippen LogP contribution in [0.25, 0.3) is 0 Å². The minimum atomic E-state index is -0.394. The van der Waals surface area contributed by atoms with Crippen molar-refractivity contribution in [2.24, 2.45) is 5.92 Å². The second-order valence-electron chi connectivity index (χ2n) is 4.34. The van der Waals surface area contributed by atoms with E-state index in [4.69, 9.17) is 4.74 Å². The van der Waals surface area contributed by atoms with Crippen LogP contribution in [0.2, 0.25) is 0 Å². The van der Waals surface area contributed by atoms with Crippen LogP contribution in [0.15, 0.2) is 25.3 Å². The van der Waals surface area contributed by atoms with Gasteiger partial charge in [0.1, 0.15) is 0 Å². The summed E-state index contributed by atoms with van der Waals surface area (Å²) in [5.74, 6) is 0.0644. The molecule has 0 bridgehead atoms. The van der Waals surface area contributed by atoms with Gasteiger partial charge in [-0.05, 0) is 12.3 Å². The molecule has 0 heterocycles. The minimum Gasteiger partial charge on any atom is -0.466 e. The minimum absolute atomic E-state index is 0.316. The topological polar surface area (TPSA) is 52.6 Å². The van der Waals surface area contributed by atoms with Gasteiger partial charge in [0.2, 0.25) is 0 Å². The van der Waals surface area contributed by atoms with E-state index in [1.54, 1.807) is 0 Å². The van der Waals surface area contributed by atoms with Crippen molar-refractivity contribution in [2.75, 3.05) is 13.7 Å². The van der Waals surface area contributed by atoms with Gasteiger partial charge >= 0.3 is 11.9 Å². The van der Waals surface area contributed by atoms with E-state index < -0.39 is 5.97 Å². The van der Waals surface area contributed by atoms with E-state index in [0.29, 0.717) is 6.61 Å². The van der Waals surface area contributed by atoms with Gasteiger partial charge in [0.25, 0.3) is 0 Å². The quantitative estimate of drug-likeness (QED) is 0.386. The van der Waals surface area contributed by atoms with Crippen LogP contribution in [0.5, 0.6) is 0 Å². The number of carbonyl (C=O) groups excluding carboxylic acids is 2. The smallest absolute Gasteiger partial charge is 0.330 e. The monoisotopic (exact) mass is 270 g/mol. The lowest BCUT2D eigenvalue weighted by atomic mass is 10.1. The third kappa shape index (κ3) is 19.0. The van der Waals surface area contributed by atoms with E-state index in [-0.39, 0.29) is 5.97 Å². The van der Waals surface area contributed by atoms with Crippen molar-refractivity contribution in [1.82, 2.24) is 0 Å². The van der Waals surface area contributed by atoms with Crippen molar-refractivity contribution >= 4 is 11.9 Å². The molecule has 0 aliphatic heterocycles. The highest BCUT2D eigenvalue weighted by Gasteiger charge is 1.96.